The number of rotatable bonds is 0. The Hall–Kier alpha value is -1.27. The quantitative estimate of drug-likeness (QED) is 0.608. The zero-order valence-corrected chi connectivity index (χ0v) is 9.27. The van der Waals surface area contributed by atoms with Crippen LogP contribution in [0, 0.1) is 25.0 Å². The average molecular weight is 208 g/mol. The van der Waals surface area contributed by atoms with Crippen LogP contribution in [-0.4, -0.2) is 14.7 Å². The first-order chi connectivity index (χ1) is 6.37. The third kappa shape index (κ3) is 3.63. The van der Waals surface area contributed by atoms with E-state index in [1.807, 2.05) is 32.0 Å². The molecular weight excluding hydrogens is 196 g/mol. The van der Waals surface area contributed by atoms with Gasteiger partial charge in [0.05, 0.1) is 6.26 Å². The molecule has 0 saturated heterocycles. The number of benzene rings is 1. The molecular formula is C11H12O2S. The van der Waals surface area contributed by atoms with Crippen LogP contribution < -0.4 is 0 Å². The third-order valence-electron chi connectivity index (χ3n) is 1.60. The van der Waals surface area contributed by atoms with Crippen LogP contribution in [0.4, 0.5) is 0 Å². The molecule has 0 amide bonds. The van der Waals surface area contributed by atoms with E-state index in [1.54, 1.807) is 0 Å². The molecule has 0 spiro atoms. The van der Waals surface area contributed by atoms with Gasteiger partial charge in [-0.2, -0.15) is 0 Å². The van der Waals surface area contributed by atoms with Crippen LogP contribution in [0.15, 0.2) is 18.2 Å². The standard InChI is InChI=1S/C11H12O2S/c1-9-6-10(2)8-11(7-9)4-5-14(3,12)13/h6-8H,1-3H3. The lowest BCUT2D eigenvalue weighted by Crippen LogP contribution is -1.89. The highest BCUT2D eigenvalue weighted by Gasteiger charge is 1.94. The van der Waals surface area contributed by atoms with Crippen molar-refractivity contribution in [3.63, 3.8) is 0 Å². The minimum absolute atomic E-state index is 0.743. The molecule has 0 atom stereocenters. The summed E-state index contributed by atoms with van der Waals surface area (Å²) in [5, 5.41) is 2.21. The van der Waals surface area contributed by atoms with Gasteiger partial charge in [-0.05, 0) is 37.1 Å². The lowest BCUT2D eigenvalue weighted by Gasteiger charge is -1.97. The average Bonchev–Trinajstić information content (AvgIpc) is 1.97. The van der Waals surface area contributed by atoms with E-state index in [0.717, 1.165) is 22.9 Å². The van der Waals surface area contributed by atoms with Crippen molar-refractivity contribution >= 4 is 9.84 Å². The minimum atomic E-state index is -3.21. The summed E-state index contributed by atoms with van der Waals surface area (Å²) in [6, 6.07) is 5.75. The maximum absolute atomic E-state index is 10.8. The second-order valence-corrected chi connectivity index (χ2v) is 5.12. The van der Waals surface area contributed by atoms with E-state index >= 15 is 0 Å². The Labute approximate surface area is 84.9 Å². The van der Waals surface area contributed by atoms with Gasteiger partial charge in [0.1, 0.15) is 0 Å². The van der Waals surface area contributed by atoms with Crippen molar-refractivity contribution in [2.45, 2.75) is 13.8 Å². The maximum Gasteiger partial charge on any atom is 0.214 e. The highest BCUT2D eigenvalue weighted by molar-refractivity contribution is 7.95. The number of aryl methyl sites for hydroxylation is 2. The van der Waals surface area contributed by atoms with E-state index in [2.05, 4.69) is 11.2 Å². The highest BCUT2D eigenvalue weighted by atomic mass is 32.2. The van der Waals surface area contributed by atoms with Crippen LogP contribution in [0.25, 0.3) is 0 Å². The summed E-state index contributed by atoms with van der Waals surface area (Å²) in [6.45, 7) is 3.91. The smallest absolute Gasteiger partial charge is 0.214 e. The zero-order chi connectivity index (χ0) is 10.8. The Bertz CT molecular complexity index is 482. The molecule has 0 bridgehead atoms. The summed E-state index contributed by atoms with van der Waals surface area (Å²) in [7, 11) is -3.21. The highest BCUT2D eigenvalue weighted by Crippen LogP contribution is 2.07. The van der Waals surface area contributed by atoms with Gasteiger partial charge in [-0.1, -0.05) is 12.0 Å². The maximum atomic E-state index is 10.8. The number of hydrogen-bond acceptors (Lipinski definition) is 2. The molecule has 0 aliphatic carbocycles. The van der Waals surface area contributed by atoms with E-state index in [-0.39, 0.29) is 0 Å². The van der Waals surface area contributed by atoms with Gasteiger partial charge in [0.15, 0.2) is 0 Å². The van der Waals surface area contributed by atoms with Gasteiger partial charge >= 0.3 is 0 Å². The van der Waals surface area contributed by atoms with Crippen LogP contribution in [0.1, 0.15) is 16.7 Å². The topological polar surface area (TPSA) is 34.1 Å². The lowest BCUT2D eigenvalue weighted by molar-refractivity contribution is 0.611. The molecule has 0 heterocycles. The molecule has 0 saturated carbocycles. The molecule has 2 nitrogen and oxygen atoms in total. The first kappa shape index (κ1) is 10.8. The van der Waals surface area contributed by atoms with Crippen LogP contribution >= 0.6 is 0 Å². The molecule has 1 aromatic carbocycles. The molecule has 3 heteroatoms. The molecule has 0 fully saturated rings. The number of hydrogen-bond donors (Lipinski definition) is 0. The van der Waals surface area contributed by atoms with Crippen molar-refractivity contribution in [3.8, 4) is 11.2 Å². The third-order valence-corrected chi connectivity index (χ3v) is 2.08. The van der Waals surface area contributed by atoms with Gasteiger partial charge in [0.25, 0.3) is 0 Å². The molecule has 0 radical (unpaired) electrons. The van der Waals surface area contributed by atoms with Crippen molar-refractivity contribution in [2.75, 3.05) is 6.26 Å². The van der Waals surface area contributed by atoms with E-state index in [1.165, 1.54) is 0 Å². The van der Waals surface area contributed by atoms with Gasteiger partial charge in [0, 0.05) is 10.8 Å². The van der Waals surface area contributed by atoms with Crippen molar-refractivity contribution in [1.82, 2.24) is 0 Å². The Balaban J connectivity index is 3.14. The van der Waals surface area contributed by atoms with Crippen molar-refractivity contribution in [1.29, 1.82) is 0 Å². The molecule has 14 heavy (non-hydrogen) atoms. The first-order valence-electron chi connectivity index (χ1n) is 4.18. The van der Waals surface area contributed by atoms with E-state index in [9.17, 15) is 8.42 Å². The number of sulfone groups is 1. The molecule has 74 valence electrons. The van der Waals surface area contributed by atoms with Crippen molar-refractivity contribution < 1.29 is 8.42 Å². The van der Waals surface area contributed by atoms with E-state index in [4.69, 9.17) is 0 Å². The summed E-state index contributed by atoms with van der Waals surface area (Å²) in [6.07, 6.45) is 1.10. The van der Waals surface area contributed by atoms with Gasteiger partial charge in [0.2, 0.25) is 9.84 Å². The summed E-state index contributed by atoms with van der Waals surface area (Å²) in [4.78, 5) is 0. The predicted octanol–water partition coefficient (Wildman–Crippen LogP) is 1.66. The monoisotopic (exact) mass is 208 g/mol. The van der Waals surface area contributed by atoms with Crippen LogP contribution in [0.2, 0.25) is 0 Å². The summed E-state index contributed by atoms with van der Waals surface area (Å²) in [5.41, 5.74) is 2.92. The second kappa shape index (κ2) is 3.85. The summed E-state index contributed by atoms with van der Waals surface area (Å²) in [5.74, 6) is 2.63. The molecule has 1 aromatic rings. The van der Waals surface area contributed by atoms with Crippen LogP contribution in [-0.2, 0) is 9.84 Å². The minimum Gasteiger partial charge on any atom is -0.216 e. The largest absolute Gasteiger partial charge is 0.216 e. The Morgan fingerprint density at radius 3 is 2.00 bits per heavy atom. The summed E-state index contributed by atoms with van der Waals surface area (Å²) >= 11 is 0. The van der Waals surface area contributed by atoms with E-state index < -0.39 is 9.84 Å². The van der Waals surface area contributed by atoms with Crippen LogP contribution in [0.5, 0.6) is 0 Å². The zero-order valence-electron chi connectivity index (χ0n) is 8.46. The molecule has 0 unspecified atom stereocenters. The fourth-order valence-electron chi connectivity index (χ4n) is 1.20. The summed E-state index contributed by atoms with van der Waals surface area (Å²) < 4.78 is 21.6. The van der Waals surface area contributed by atoms with E-state index in [0.29, 0.717) is 0 Å². The second-order valence-electron chi connectivity index (χ2n) is 3.38. The fraction of sp³-hybridized carbons (Fsp3) is 0.273. The normalized spacial score (nSPS) is 10.5. The van der Waals surface area contributed by atoms with Gasteiger partial charge < -0.3 is 0 Å². The molecule has 1 rings (SSSR count). The molecule has 0 aliphatic rings. The molecule has 0 N–H and O–H groups in total. The van der Waals surface area contributed by atoms with Crippen molar-refractivity contribution in [3.05, 3.63) is 34.9 Å². The van der Waals surface area contributed by atoms with Gasteiger partial charge in [-0.3, -0.25) is 0 Å². The Kier molecular flexibility index (Phi) is 2.97. The molecule has 0 aliphatic heterocycles. The predicted molar refractivity (Wildman–Crippen MR) is 57.6 cm³/mol. The molecule has 0 aromatic heterocycles. The fourth-order valence-corrected chi connectivity index (χ4v) is 1.50. The van der Waals surface area contributed by atoms with Crippen LogP contribution in [0.3, 0.4) is 0 Å². The Morgan fingerprint density at radius 2 is 1.57 bits per heavy atom. The van der Waals surface area contributed by atoms with Crippen molar-refractivity contribution in [2.24, 2.45) is 0 Å². The Morgan fingerprint density at radius 1 is 1.07 bits per heavy atom. The lowest BCUT2D eigenvalue weighted by atomic mass is 10.1. The first-order valence-corrected chi connectivity index (χ1v) is 6.07. The van der Waals surface area contributed by atoms with Gasteiger partial charge in [-0.15, -0.1) is 0 Å². The SMILES string of the molecule is Cc1cc(C)cc(C#CS(C)(=O)=O)c1. The van der Waals surface area contributed by atoms with Gasteiger partial charge in [-0.25, -0.2) is 8.42 Å².